The van der Waals surface area contributed by atoms with Crippen LogP contribution in [-0.4, -0.2) is 12.2 Å². The Balaban J connectivity index is 1.61. The largest absolute Gasteiger partial charge is 0.496 e. The lowest BCUT2D eigenvalue weighted by atomic mass is 10.2. The number of rotatable bonds is 7. The quantitative estimate of drug-likeness (QED) is 0.682. The molecular weight excluding hydrogens is 306 g/mol. The number of aliphatic hydroxyl groups is 1. The second-order valence-corrected chi connectivity index (χ2v) is 5.17. The molecule has 0 radical (unpaired) electrons. The summed E-state index contributed by atoms with van der Waals surface area (Å²) in [6, 6.07) is 18.7. The van der Waals surface area contributed by atoms with Gasteiger partial charge in [-0.2, -0.15) is 0 Å². The average Bonchev–Trinajstić information content (AvgIpc) is 3.08. The summed E-state index contributed by atoms with van der Waals surface area (Å²) < 4.78 is 16.5. The topological polar surface area (TPSA) is 63.9 Å². The van der Waals surface area contributed by atoms with Crippen LogP contribution in [0.2, 0.25) is 0 Å². The van der Waals surface area contributed by atoms with Crippen molar-refractivity contribution in [1.82, 2.24) is 0 Å². The number of nitrogens with one attached hydrogen (secondary N) is 1. The predicted molar refractivity (Wildman–Crippen MR) is 91.5 cm³/mol. The smallest absolute Gasteiger partial charge is 0.290 e. The van der Waals surface area contributed by atoms with E-state index in [1.165, 1.54) is 0 Å². The third kappa shape index (κ3) is 3.88. The van der Waals surface area contributed by atoms with Crippen molar-refractivity contribution in [2.45, 2.75) is 13.2 Å². The Labute approximate surface area is 140 Å². The summed E-state index contributed by atoms with van der Waals surface area (Å²) >= 11 is 0. The van der Waals surface area contributed by atoms with Crippen LogP contribution in [0.1, 0.15) is 11.3 Å². The standard InChI is InChI=1S/C19H19NO4/c1-22-18-9-7-15(11-14(18)13-21)20-12-17-8-10-19(24-17)23-16-5-3-2-4-6-16/h2-11,20-21H,12-13H2,1H3. The van der Waals surface area contributed by atoms with E-state index in [0.29, 0.717) is 18.2 Å². The van der Waals surface area contributed by atoms with Crippen LogP contribution in [0.3, 0.4) is 0 Å². The van der Waals surface area contributed by atoms with Crippen LogP contribution in [0.4, 0.5) is 5.69 Å². The number of ether oxygens (including phenoxy) is 2. The summed E-state index contributed by atoms with van der Waals surface area (Å²) in [6.07, 6.45) is 0. The molecule has 0 amide bonds. The summed E-state index contributed by atoms with van der Waals surface area (Å²) in [5.74, 6) is 2.60. The Hall–Kier alpha value is -2.92. The normalized spacial score (nSPS) is 10.4. The van der Waals surface area contributed by atoms with Crippen molar-refractivity contribution in [2.24, 2.45) is 0 Å². The summed E-state index contributed by atoms with van der Waals surface area (Å²) in [5, 5.41) is 12.6. The monoisotopic (exact) mass is 325 g/mol. The second kappa shape index (κ2) is 7.57. The molecule has 0 bridgehead atoms. The maximum Gasteiger partial charge on any atom is 0.290 e. The van der Waals surface area contributed by atoms with Crippen molar-refractivity contribution < 1.29 is 19.0 Å². The highest BCUT2D eigenvalue weighted by Gasteiger charge is 2.06. The number of para-hydroxylation sites is 1. The van der Waals surface area contributed by atoms with E-state index in [4.69, 9.17) is 13.9 Å². The van der Waals surface area contributed by atoms with Crippen LogP contribution in [0, 0.1) is 0 Å². The zero-order valence-electron chi connectivity index (χ0n) is 13.4. The minimum Gasteiger partial charge on any atom is -0.496 e. The van der Waals surface area contributed by atoms with Gasteiger partial charge in [-0.3, -0.25) is 0 Å². The van der Waals surface area contributed by atoms with Crippen molar-refractivity contribution in [2.75, 3.05) is 12.4 Å². The Morgan fingerprint density at radius 2 is 1.88 bits per heavy atom. The van der Waals surface area contributed by atoms with Gasteiger partial charge in [0.05, 0.1) is 20.3 Å². The van der Waals surface area contributed by atoms with Crippen molar-refractivity contribution in [3.8, 4) is 17.4 Å². The first-order valence-electron chi connectivity index (χ1n) is 7.62. The fraction of sp³-hybridized carbons (Fsp3) is 0.158. The number of aliphatic hydroxyl groups excluding tert-OH is 1. The molecule has 5 heteroatoms. The maximum atomic E-state index is 9.36. The minimum atomic E-state index is -0.0749. The Morgan fingerprint density at radius 1 is 1.04 bits per heavy atom. The van der Waals surface area contributed by atoms with Gasteiger partial charge >= 0.3 is 0 Å². The molecule has 3 aromatic rings. The number of anilines is 1. The number of methoxy groups -OCH3 is 1. The Morgan fingerprint density at radius 3 is 2.62 bits per heavy atom. The molecule has 3 rings (SSSR count). The molecule has 1 heterocycles. The molecule has 0 saturated carbocycles. The summed E-state index contributed by atoms with van der Waals surface area (Å²) in [4.78, 5) is 0. The van der Waals surface area contributed by atoms with Crippen LogP contribution >= 0.6 is 0 Å². The zero-order chi connectivity index (χ0) is 16.8. The molecule has 0 aliphatic carbocycles. The van der Waals surface area contributed by atoms with E-state index in [-0.39, 0.29) is 6.61 Å². The molecule has 5 nitrogen and oxygen atoms in total. The lowest BCUT2D eigenvalue weighted by Gasteiger charge is -2.10. The van der Waals surface area contributed by atoms with Crippen molar-refractivity contribution in [3.05, 3.63) is 72.0 Å². The minimum absolute atomic E-state index is 0.0749. The third-order valence-electron chi connectivity index (χ3n) is 3.52. The number of hydrogen-bond acceptors (Lipinski definition) is 5. The van der Waals surface area contributed by atoms with Gasteiger partial charge in [-0.15, -0.1) is 0 Å². The van der Waals surface area contributed by atoms with Crippen molar-refractivity contribution >= 4 is 5.69 Å². The summed E-state index contributed by atoms with van der Waals surface area (Å²) in [7, 11) is 1.58. The number of furan rings is 1. The van der Waals surface area contributed by atoms with Gasteiger partial charge in [-0.05, 0) is 36.4 Å². The molecule has 0 unspecified atom stereocenters. The molecule has 24 heavy (non-hydrogen) atoms. The first-order valence-corrected chi connectivity index (χ1v) is 7.62. The lowest BCUT2D eigenvalue weighted by molar-refractivity contribution is 0.274. The predicted octanol–water partition coefficient (Wildman–Crippen LogP) is 4.18. The molecule has 124 valence electrons. The van der Waals surface area contributed by atoms with E-state index in [1.807, 2.05) is 54.6 Å². The fourth-order valence-electron chi connectivity index (χ4n) is 2.31. The fourth-order valence-corrected chi connectivity index (χ4v) is 2.31. The zero-order valence-corrected chi connectivity index (χ0v) is 13.4. The first-order chi connectivity index (χ1) is 11.8. The molecule has 0 atom stereocenters. The number of benzene rings is 2. The molecule has 0 saturated heterocycles. The SMILES string of the molecule is COc1ccc(NCc2ccc(Oc3ccccc3)o2)cc1CO. The van der Waals surface area contributed by atoms with Gasteiger partial charge in [0.15, 0.2) is 0 Å². The van der Waals surface area contributed by atoms with E-state index in [0.717, 1.165) is 22.8 Å². The van der Waals surface area contributed by atoms with Gasteiger partial charge in [0.25, 0.3) is 5.95 Å². The lowest BCUT2D eigenvalue weighted by Crippen LogP contribution is -2.00. The second-order valence-electron chi connectivity index (χ2n) is 5.17. The van der Waals surface area contributed by atoms with Crippen LogP contribution < -0.4 is 14.8 Å². The van der Waals surface area contributed by atoms with E-state index < -0.39 is 0 Å². The highest BCUT2D eigenvalue weighted by atomic mass is 16.6. The van der Waals surface area contributed by atoms with Gasteiger partial charge in [0.1, 0.15) is 17.3 Å². The van der Waals surface area contributed by atoms with Crippen molar-refractivity contribution in [1.29, 1.82) is 0 Å². The molecule has 0 aliphatic rings. The molecule has 0 fully saturated rings. The van der Waals surface area contributed by atoms with Crippen LogP contribution in [0.15, 0.2) is 65.1 Å². The van der Waals surface area contributed by atoms with Gasteiger partial charge in [-0.25, -0.2) is 0 Å². The highest BCUT2D eigenvalue weighted by Crippen LogP contribution is 2.25. The molecule has 1 aromatic heterocycles. The highest BCUT2D eigenvalue weighted by molar-refractivity contribution is 5.51. The average molecular weight is 325 g/mol. The molecule has 0 spiro atoms. The van der Waals surface area contributed by atoms with Crippen molar-refractivity contribution in [3.63, 3.8) is 0 Å². The molecular formula is C19H19NO4. The Bertz CT molecular complexity index is 783. The maximum absolute atomic E-state index is 9.36. The van der Waals surface area contributed by atoms with Gasteiger partial charge in [0.2, 0.25) is 0 Å². The van der Waals surface area contributed by atoms with E-state index in [2.05, 4.69) is 5.32 Å². The third-order valence-corrected chi connectivity index (χ3v) is 3.52. The first kappa shape index (κ1) is 16.0. The molecule has 2 N–H and O–H groups in total. The molecule has 0 aliphatic heterocycles. The summed E-state index contributed by atoms with van der Waals surface area (Å²) in [6.45, 7) is 0.434. The van der Waals surface area contributed by atoms with Gasteiger partial charge in [0, 0.05) is 17.3 Å². The van der Waals surface area contributed by atoms with E-state index in [9.17, 15) is 5.11 Å². The van der Waals surface area contributed by atoms with Crippen LogP contribution in [0.25, 0.3) is 0 Å². The van der Waals surface area contributed by atoms with Gasteiger partial charge < -0.3 is 24.3 Å². The number of hydrogen-bond donors (Lipinski definition) is 2. The van der Waals surface area contributed by atoms with E-state index in [1.54, 1.807) is 13.2 Å². The Kier molecular flexibility index (Phi) is 5.03. The van der Waals surface area contributed by atoms with Crippen LogP contribution in [0.5, 0.6) is 17.4 Å². The van der Waals surface area contributed by atoms with Crippen LogP contribution in [-0.2, 0) is 13.2 Å². The summed E-state index contributed by atoms with van der Waals surface area (Å²) in [5.41, 5.74) is 1.61. The van der Waals surface area contributed by atoms with Gasteiger partial charge in [-0.1, -0.05) is 18.2 Å². The molecule has 2 aromatic carbocycles. The van der Waals surface area contributed by atoms with E-state index >= 15 is 0 Å².